The van der Waals surface area contributed by atoms with E-state index in [4.69, 9.17) is 19.8 Å². The van der Waals surface area contributed by atoms with Crippen molar-refractivity contribution in [1.29, 1.82) is 0 Å². The zero-order valence-electron chi connectivity index (χ0n) is 15.7. The monoisotopic (exact) mass is 442 g/mol. The molecule has 0 saturated heterocycles. The van der Waals surface area contributed by atoms with Crippen LogP contribution < -0.4 is 10.2 Å². The molecule has 144 valence electrons. The summed E-state index contributed by atoms with van der Waals surface area (Å²) in [7, 11) is 0. The van der Waals surface area contributed by atoms with E-state index in [1.54, 1.807) is 0 Å². The van der Waals surface area contributed by atoms with Crippen LogP contribution in [0.15, 0.2) is 35.3 Å². The molecule has 1 aromatic carbocycles. The van der Waals surface area contributed by atoms with E-state index in [0.29, 0.717) is 0 Å². The van der Waals surface area contributed by atoms with Crippen molar-refractivity contribution in [3.8, 4) is 0 Å². The van der Waals surface area contributed by atoms with Crippen LogP contribution in [-0.2, 0) is 30.0 Å². The number of carbonyl (C=O) groups is 2. The van der Waals surface area contributed by atoms with E-state index in [1.165, 1.54) is 0 Å². The zero-order chi connectivity index (χ0) is 19.2. The summed E-state index contributed by atoms with van der Waals surface area (Å²) >= 11 is 0. The first-order valence-electron chi connectivity index (χ1n) is 7.77. The van der Waals surface area contributed by atoms with E-state index in [-0.39, 0.29) is 26.0 Å². The summed E-state index contributed by atoms with van der Waals surface area (Å²) in [5.74, 6) is -2.17. The van der Waals surface area contributed by atoms with Gasteiger partial charge < -0.3 is 19.8 Å². The Bertz CT molecular complexity index is 481. The second-order valence-corrected chi connectivity index (χ2v) is 5.40. The largest absolute Gasteiger partial charge is 2.00 e. The maximum Gasteiger partial charge on any atom is 2.00 e. The molecule has 0 aliphatic carbocycles. The summed E-state index contributed by atoms with van der Waals surface area (Å²) in [5, 5.41) is 17.8. The van der Waals surface area contributed by atoms with Gasteiger partial charge in [-0.25, -0.2) is 0 Å². The SMILES string of the molecule is CC(=O)[O-].CC(=O)[O-].CCN(CC)C(C)(C)C=Nc1ccccc1.[Pd+2]. The van der Waals surface area contributed by atoms with E-state index in [9.17, 15) is 0 Å². The van der Waals surface area contributed by atoms with Gasteiger partial charge >= 0.3 is 20.4 Å². The molecule has 25 heavy (non-hydrogen) atoms. The summed E-state index contributed by atoms with van der Waals surface area (Å²) in [6, 6.07) is 10.1. The molecule has 0 unspecified atom stereocenters. The Morgan fingerprint density at radius 3 is 1.72 bits per heavy atom. The van der Waals surface area contributed by atoms with Crippen molar-refractivity contribution in [2.45, 2.75) is 47.1 Å². The first-order valence-corrected chi connectivity index (χ1v) is 7.77. The minimum atomic E-state index is -1.08. The van der Waals surface area contributed by atoms with Gasteiger partial charge in [-0.2, -0.15) is 0 Å². The van der Waals surface area contributed by atoms with Crippen LogP contribution in [0.5, 0.6) is 0 Å². The normalized spacial score (nSPS) is 10.0. The van der Waals surface area contributed by atoms with E-state index in [2.05, 4.69) is 37.6 Å². The minimum Gasteiger partial charge on any atom is -0.550 e. The van der Waals surface area contributed by atoms with E-state index < -0.39 is 11.9 Å². The topological polar surface area (TPSA) is 95.9 Å². The number of hydrogen-bond acceptors (Lipinski definition) is 6. The fraction of sp³-hybridized carbons (Fsp3) is 0.500. The van der Waals surface area contributed by atoms with Gasteiger partial charge in [0.2, 0.25) is 0 Å². The van der Waals surface area contributed by atoms with Crippen molar-refractivity contribution in [2.75, 3.05) is 13.1 Å². The number of hydrogen-bond donors (Lipinski definition) is 0. The molecule has 6 nitrogen and oxygen atoms in total. The fourth-order valence-electron chi connectivity index (χ4n) is 1.87. The Kier molecular flexibility index (Phi) is 18.0. The number of aliphatic imine (C=N–C) groups is 1. The molecular weight excluding hydrogens is 415 g/mol. The molecule has 0 N–H and O–H groups in total. The van der Waals surface area contributed by atoms with Gasteiger partial charge in [0.25, 0.3) is 0 Å². The van der Waals surface area contributed by atoms with Crippen LogP contribution in [0, 0.1) is 0 Å². The summed E-state index contributed by atoms with van der Waals surface area (Å²) in [4.78, 5) is 24.7. The first kappa shape index (κ1) is 28.3. The van der Waals surface area contributed by atoms with Gasteiger partial charge in [0.15, 0.2) is 0 Å². The van der Waals surface area contributed by atoms with Crippen molar-refractivity contribution >= 4 is 23.8 Å². The van der Waals surface area contributed by atoms with Gasteiger partial charge in [0, 0.05) is 18.2 Å². The van der Waals surface area contributed by atoms with Crippen molar-refractivity contribution in [3.63, 3.8) is 0 Å². The van der Waals surface area contributed by atoms with Crippen LogP contribution in [0.1, 0.15) is 41.5 Å². The molecule has 0 spiro atoms. The third-order valence-electron chi connectivity index (χ3n) is 2.86. The number of carboxylic acid groups (broad SMARTS) is 2. The van der Waals surface area contributed by atoms with Crippen molar-refractivity contribution in [2.24, 2.45) is 4.99 Å². The molecule has 0 saturated carbocycles. The summed E-state index contributed by atoms with van der Waals surface area (Å²) in [6.45, 7) is 12.8. The Hall–Kier alpha value is -1.55. The Balaban J connectivity index is -0.000000454. The predicted octanol–water partition coefficient (Wildman–Crippen LogP) is 1.02. The number of rotatable bonds is 5. The zero-order valence-corrected chi connectivity index (χ0v) is 17.3. The molecule has 0 heterocycles. The molecule has 1 aromatic rings. The number of benzene rings is 1. The van der Waals surface area contributed by atoms with Gasteiger partial charge in [-0.1, -0.05) is 32.0 Å². The molecule has 0 atom stereocenters. The second-order valence-electron chi connectivity index (χ2n) is 5.40. The predicted molar refractivity (Wildman–Crippen MR) is 93.0 cm³/mol. The molecule has 7 heteroatoms. The van der Waals surface area contributed by atoms with Crippen LogP contribution in [0.3, 0.4) is 0 Å². The van der Waals surface area contributed by atoms with Crippen LogP contribution in [0.2, 0.25) is 0 Å². The Labute approximate surface area is 164 Å². The van der Waals surface area contributed by atoms with Crippen LogP contribution >= 0.6 is 0 Å². The smallest absolute Gasteiger partial charge is 0.550 e. The number of carbonyl (C=O) groups excluding carboxylic acids is 2. The van der Waals surface area contributed by atoms with E-state index in [1.807, 2.05) is 36.5 Å². The Morgan fingerprint density at radius 2 is 1.40 bits per heavy atom. The molecule has 0 aliphatic heterocycles. The quantitative estimate of drug-likeness (QED) is 0.501. The third kappa shape index (κ3) is 18.6. The molecule has 0 aromatic heterocycles. The molecule has 0 bridgehead atoms. The number of carboxylic acids is 2. The van der Waals surface area contributed by atoms with Crippen LogP contribution in [0.25, 0.3) is 0 Å². The molecule has 1 rings (SSSR count). The van der Waals surface area contributed by atoms with Gasteiger partial charge in [-0.3, -0.25) is 9.89 Å². The fourth-order valence-corrected chi connectivity index (χ4v) is 1.87. The van der Waals surface area contributed by atoms with Gasteiger partial charge in [-0.15, -0.1) is 0 Å². The van der Waals surface area contributed by atoms with Gasteiger partial charge in [0.1, 0.15) is 0 Å². The molecule has 0 radical (unpaired) electrons. The standard InChI is InChI=1S/C14H22N2.2C2H4O2.Pd/c1-5-16(6-2)14(3,4)12-15-13-10-8-7-9-11-13;2*1-2(3)4;/h7-12H,5-6H2,1-4H3;2*1H3,(H,3,4);/q;;;+2/p-2. The molecule has 0 aliphatic rings. The first-order chi connectivity index (χ1) is 11.1. The number of aliphatic carboxylic acids is 2. The van der Waals surface area contributed by atoms with Crippen molar-refractivity contribution in [3.05, 3.63) is 30.3 Å². The van der Waals surface area contributed by atoms with E-state index in [0.717, 1.165) is 32.6 Å². The van der Waals surface area contributed by atoms with Gasteiger partial charge in [0.05, 0.1) is 11.2 Å². The maximum absolute atomic E-state index is 8.89. The van der Waals surface area contributed by atoms with Crippen molar-refractivity contribution in [1.82, 2.24) is 4.90 Å². The maximum atomic E-state index is 8.89. The van der Waals surface area contributed by atoms with Crippen LogP contribution in [-0.4, -0.2) is 41.7 Å². The molecule has 0 fully saturated rings. The second kappa shape index (κ2) is 15.9. The summed E-state index contributed by atoms with van der Waals surface area (Å²) in [6.07, 6.45) is 2.04. The van der Waals surface area contributed by atoms with Gasteiger partial charge in [-0.05, 0) is 52.9 Å². The third-order valence-corrected chi connectivity index (χ3v) is 2.86. The summed E-state index contributed by atoms with van der Waals surface area (Å²) in [5.41, 5.74) is 1.03. The Morgan fingerprint density at radius 1 is 1.04 bits per heavy atom. The van der Waals surface area contributed by atoms with Crippen molar-refractivity contribution < 1.29 is 40.2 Å². The van der Waals surface area contributed by atoms with Crippen LogP contribution in [0.4, 0.5) is 5.69 Å². The number of para-hydroxylation sites is 1. The number of nitrogens with zero attached hydrogens (tertiary/aromatic N) is 2. The van der Waals surface area contributed by atoms with E-state index >= 15 is 0 Å². The minimum absolute atomic E-state index is 0. The average molecular weight is 443 g/mol. The summed E-state index contributed by atoms with van der Waals surface area (Å²) < 4.78 is 0. The molecular formula is C18H28N2O4Pd. The average Bonchev–Trinajstić information content (AvgIpc) is 2.46. The molecule has 0 amide bonds.